The number of imidazole rings is 1. The van der Waals surface area contributed by atoms with Gasteiger partial charge in [-0.25, -0.2) is 23.9 Å². The van der Waals surface area contributed by atoms with Crippen LogP contribution < -0.4 is 20.3 Å². The number of nitrogens with one attached hydrogen (secondary N) is 1. The van der Waals surface area contributed by atoms with E-state index in [2.05, 4.69) is 15.0 Å². The normalized spacial score (nSPS) is 17.6. The quantitative estimate of drug-likeness (QED) is 0.0225. The standard InChI is InChI=1S/C36H54N9O12.2C2HF3O2/c1-3-44-22-6-5-19(11-23(22)45(4-2)28(44)15-43(18-48)35-33(37)40-34-21(39-35)7-9-38-34)36(57)41-10-8-20(12-41)42(13-24(49)29(53)31(55)26(51)16-46)14-25(50)30(54)32(56)27(52)17-47;2*3-2(4,5)1(6)7/h5-7,9,11,18,20,24-27,29-32,46-47,49-56H,3-4,8,10,12-17H2,1-2H3,(H3,37,38,40);2*(H,6,7)/q+1;;/p-1/t20-,24+,25+,26-,27-,29-,30-,31-,32-;;/m1../s1. The Bertz CT molecular complexity index is 2360. The molecule has 5 rings (SSSR count). The van der Waals surface area contributed by atoms with Gasteiger partial charge in [0.05, 0.1) is 38.5 Å². The molecule has 1 aliphatic heterocycles. The average Bonchev–Trinajstić information content (AvgIpc) is 4.08. The molecule has 1 aliphatic rings. The van der Waals surface area contributed by atoms with E-state index < -0.39 is 105 Å². The van der Waals surface area contributed by atoms with Crippen molar-refractivity contribution in [3.05, 3.63) is 41.9 Å². The second-order valence-corrected chi connectivity index (χ2v) is 15.8. The predicted molar refractivity (Wildman–Crippen MR) is 227 cm³/mol. The third-order valence-electron chi connectivity index (χ3n) is 11.1. The number of carbonyl (C=O) groups excluding carboxylic acids is 3. The Morgan fingerprint density at radius 2 is 1.41 bits per heavy atom. The molecule has 0 saturated carbocycles. The van der Waals surface area contributed by atoms with Crippen LogP contribution in [0.15, 0.2) is 30.5 Å². The summed E-state index contributed by atoms with van der Waals surface area (Å²) in [6, 6.07) is 6.40. The highest BCUT2D eigenvalue weighted by Gasteiger charge is 2.40. The molecule has 71 heavy (non-hydrogen) atoms. The molecule has 0 radical (unpaired) electrons. The number of aromatic amines is 1. The summed E-state index contributed by atoms with van der Waals surface area (Å²) in [5, 5.41) is 117. The Morgan fingerprint density at radius 1 is 0.887 bits per heavy atom. The molecule has 2 amide bonds. The van der Waals surface area contributed by atoms with Gasteiger partial charge >= 0.3 is 18.3 Å². The van der Waals surface area contributed by atoms with Crippen molar-refractivity contribution in [2.45, 2.75) is 107 Å². The minimum atomic E-state index is -5.19. The Balaban J connectivity index is 0.000000829. The lowest BCUT2D eigenvalue weighted by molar-refractivity contribution is -0.676. The second-order valence-electron chi connectivity index (χ2n) is 15.8. The first kappa shape index (κ1) is 59.4. The van der Waals surface area contributed by atoms with Crippen molar-refractivity contribution in [2.75, 3.05) is 50.0 Å². The fourth-order valence-electron chi connectivity index (χ4n) is 7.40. The van der Waals surface area contributed by atoms with Gasteiger partial charge in [0, 0.05) is 50.0 Å². The SMILES string of the molecule is CCn1c(CN(C=O)c2nc3cc[nH]c3nc2N)[n+](CC)c2ccc(C(=O)N3CC[C@@H](N(C[C@H](O)[C@@H](O)[C@H](O)[C@H](O)CO)C[C@H](O)[C@@H](O)[C@H](O)[C@H](O)CO)C3)cc21.O=C(O)C(F)(F)F.O=C([O-])C(F)(F)F. The largest absolute Gasteiger partial charge is 0.542 e. The highest BCUT2D eigenvalue weighted by atomic mass is 19.4. The number of H-pyrrole nitrogens is 1. The molecule has 0 unspecified atom stereocenters. The number of aromatic nitrogens is 5. The third-order valence-corrected chi connectivity index (χ3v) is 11.1. The Labute approximate surface area is 397 Å². The average molecular weight is 1030 g/mol. The molecule has 3 aromatic heterocycles. The van der Waals surface area contributed by atoms with Crippen LogP contribution >= 0.6 is 0 Å². The lowest BCUT2D eigenvalue weighted by Gasteiger charge is -2.36. The molecule has 9 atom stereocenters. The fourth-order valence-corrected chi connectivity index (χ4v) is 7.40. The van der Waals surface area contributed by atoms with E-state index in [1.165, 1.54) is 9.80 Å². The summed E-state index contributed by atoms with van der Waals surface area (Å²) in [7, 11) is 0. The molecule has 0 aliphatic carbocycles. The minimum Gasteiger partial charge on any atom is -0.542 e. The summed E-state index contributed by atoms with van der Waals surface area (Å²) in [6.07, 6.45) is -22.5. The van der Waals surface area contributed by atoms with Crippen LogP contribution in [0.2, 0.25) is 0 Å². The molecule has 4 heterocycles. The molecule has 25 nitrogen and oxygen atoms in total. The number of carboxylic acid groups (broad SMARTS) is 2. The number of fused-ring (bicyclic) bond motifs is 2. The van der Waals surface area contributed by atoms with E-state index >= 15 is 0 Å². The number of amides is 2. The number of carbonyl (C=O) groups is 4. The molecule has 398 valence electrons. The maximum Gasteiger partial charge on any atom is 0.490 e. The number of hydrogen-bond acceptors (Lipinski definition) is 19. The zero-order valence-corrected chi connectivity index (χ0v) is 37.7. The van der Waals surface area contributed by atoms with Crippen LogP contribution in [0.1, 0.15) is 36.5 Å². The number of benzene rings is 1. The van der Waals surface area contributed by atoms with Crippen molar-refractivity contribution >= 4 is 58.1 Å². The lowest BCUT2D eigenvalue weighted by atomic mass is 10.00. The van der Waals surface area contributed by atoms with Crippen LogP contribution in [0.25, 0.3) is 22.2 Å². The van der Waals surface area contributed by atoms with Gasteiger partial charge in [0.15, 0.2) is 28.3 Å². The maximum atomic E-state index is 14.1. The topological polar surface area (TPSA) is 400 Å². The van der Waals surface area contributed by atoms with E-state index in [0.717, 1.165) is 16.9 Å². The summed E-state index contributed by atoms with van der Waals surface area (Å²) >= 11 is 0. The number of rotatable bonds is 20. The Kier molecular flexibility index (Phi) is 21.3. The van der Waals surface area contributed by atoms with Gasteiger partial charge in [0.2, 0.25) is 6.41 Å². The zero-order chi connectivity index (χ0) is 53.9. The van der Waals surface area contributed by atoms with Crippen LogP contribution in [-0.2, 0) is 34.0 Å². The van der Waals surface area contributed by atoms with Crippen molar-refractivity contribution in [3.8, 4) is 0 Å². The Hall–Kier alpha value is -5.87. The smallest absolute Gasteiger partial charge is 0.490 e. The van der Waals surface area contributed by atoms with Gasteiger partial charge in [-0.05, 0) is 38.5 Å². The van der Waals surface area contributed by atoms with Crippen LogP contribution in [0, 0.1) is 0 Å². The second kappa shape index (κ2) is 25.5. The van der Waals surface area contributed by atoms with Gasteiger partial charge < -0.3 is 81.7 Å². The monoisotopic (exact) mass is 1030 g/mol. The summed E-state index contributed by atoms with van der Waals surface area (Å²) < 4.78 is 67.3. The molecule has 31 heteroatoms. The third kappa shape index (κ3) is 15.1. The number of aryl methyl sites for hydroxylation is 2. The lowest BCUT2D eigenvalue weighted by Crippen LogP contribution is -2.55. The van der Waals surface area contributed by atoms with E-state index in [4.69, 9.17) is 25.5 Å². The molecule has 4 aromatic rings. The number of hydrogen-bond donors (Lipinski definition) is 13. The molecule has 1 fully saturated rings. The number of aliphatic hydroxyl groups is 10. The summed E-state index contributed by atoms with van der Waals surface area (Å²) in [6.45, 7) is 2.60. The number of carboxylic acids is 2. The molecule has 14 N–H and O–H groups in total. The first-order valence-corrected chi connectivity index (χ1v) is 21.2. The van der Waals surface area contributed by atoms with Gasteiger partial charge in [-0.15, -0.1) is 0 Å². The van der Waals surface area contributed by atoms with Crippen molar-refractivity contribution in [3.63, 3.8) is 0 Å². The molecule has 1 aromatic carbocycles. The number of nitrogens with zero attached hydrogens (tertiary/aromatic N) is 7. The summed E-state index contributed by atoms with van der Waals surface area (Å²) in [4.78, 5) is 60.4. The molecule has 0 bridgehead atoms. The molecule has 1 saturated heterocycles. The van der Waals surface area contributed by atoms with Gasteiger partial charge in [0.1, 0.15) is 54.7 Å². The Morgan fingerprint density at radius 3 is 1.86 bits per heavy atom. The zero-order valence-electron chi connectivity index (χ0n) is 37.7. The van der Waals surface area contributed by atoms with Gasteiger partial charge in [-0.1, -0.05) is 0 Å². The minimum absolute atomic E-state index is 0.0589. The highest BCUT2D eigenvalue weighted by molar-refractivity contribution is 5.97. The summed E-state index contributed by atoms with van der Waals surface area (Å²) in [5.41, 5.74) is 9.12. The van der Waals surface area contributed by atoms with Crippen molar-refractivity contribution in [2.24, 2.45) is 0 Å². The number of alkyl halides is 6. The number of nitrogen functional groups attached to an aromatic ring is 1. The molecule has 0 spiro atoms. The van der Waals surface area contributed by atoms with Crippen LogP contribution in [-0.4, -0.2) is 216 Å². The maximum absolute atomic E-state index is 14.1. The number of halogens is 6. The molecular weight excluding hydrogens is 976 g/mol. The number of aliphatic hydroxyl groups excluding tert-OH is 10. The number of aliphatic carboxylic acids is 2. The van der Waals surface area contributed by atoms with Crippen LogP contribution in [0.4, 0.5) is 38.0 Å². The van der Waals surface area contributed by atoms with Crippen LogP contribution in [0.3, 0.4) is 0 Å². The van der Waals surface area contributed by atoms with Crippen molar-refractivity contribution in [1.82, 2.24) is 29.3 Å². The fraction of sp³-hybridized carbons (Fsp3) is 0.575. The van der Waals surface area contributed by atoms with E-state index in [1.807, 2.05) is 29.0 Å². The highest BCUT2D eigenvalue weighted by Crippen LogP contribution is 2.27. The van der Waals surface area contributed by atoms with Gasteiger partial charge in [0.25, 0.3) is 11.7 Å². The first-order valence-electron chi connectivity index (χ1n) is 21.2. The van der Waals surface area contributed by atoms with Crippen molar-refractivity contribution in [1.29, 1.82) is 0 Å². The first-order chi connectivity index (χ1) is 33.1. The van der Waals surface area contributed by atoms with Gasteiger partial charge in [-0.3, -0.25) is 19.4 Å². The summed E-state index contributed by atoms with van der Waals surface area (Å²) in [5.74, 6) is -5.09. The molecular formula is C40H55F6N9O16. The number of likely N-dealkylation sites (tertiary alicyclic amines) is 1. The van der Waals surface area contributed by atoms with E-state index in [-0.39, 0.29) is 37.2 Å². The number of nitrogens with two attached hydrogens (primary N) is 1. The van der Waals surface area contributed by atoms with Gasteiger partial charge in [-0.2, -0.15) is 26.3 Å². The van der Waals surface area contributed by atoms with E-state index in [1.54, 1.807) is 29.3 Å². The van der Waals surface area contributed by atoms with Crippen LogP contribution in [0.5, 0.6) is 0 Å². The number of anilines is 2. The van der Waals surface area contributed by atoms with E-state index in [9.17, 15) is 87.0 Å². The van der Waals surface area contributed by atoms with E-state index in [0.29, 0.717) is 42.6 Å². The van der Waals surface area contributed by atoms with Crippen molar-refractivity contribution < 1.29 is 111 Å². The predicted octanol–water partition coefficient (Wildman–Crippen LogP) is -4.69.